The maximum absolute atomic E-state index is 11.7. The van der Waals surface area contributed by atoms with Crippen LogP contribution in [-0.4, -0.2) is 19.0 Å². The maximum Gasteiger partial charge on any atom is 0.265 e. The van der Waals surface area contributed by atoms with E-state index in [0.717, 1.165) is 37.1 Å². The summed E-state index contributed by atoms with van der Waals surface area (Å²) >= 11 is 0. The van der Waals surface area contributed by atoms with Gasteiger partial charge in [-0.15, -0.1) is 0 Å². The molecule has 18 heavy (non-hydrogen) atoms. The predicted molar refractivity (Wildman–Crippen MR) is 72.7 cm³/mol. The summed E-state index contributed by atoms with van der Waals surface area (Å²) in [5, 5.41) is 3.33. The Balaban J connectivity index is 2.26. The Kier molecular flexibility index (Phi) is 4.12. The lowest BCUT2D eigenvalue weighted by Crippen LogP contribution is -2.31. The average molecular weight is 245 g/mol. The van der Waals surface area contributed by atoms with Crippen molar-refractivity contribution in [2.24, 2.45) is 11.8 Å². The van der Waals surface area contributed by atoms with Crippen molar-refractivity contribution in [2.45, 2.75) is 12.8 Å². The fourth-order valence-corrected chi connectivity index (χ4v) is 2.43. The molecule has 0 unspecified atom stereocenters. The minimum absolute atomic E-state index is 0.263. The summed E-state index contributed by atoms with van der Waals surface area (Å²) in [5.41, 5.74) is 4.73. The molecule has 1 fully saturated rings. The molecule has 4 heteroatoms. The number of carbonyl (C=O) groups excluding carboxylic acids is 1. The molecule has 0 bridgehead atoms. The normalized spacial score (nSPS) is 16.3. The SMILES string of the molecule is C=C(c1ccccc1C(=O)NN)C1CCNCC1. The van der Waals surface area contributed by atoms with E-state index in [1.165, 1.54) is 0 Å². The molecule has 0 aromatic heterocycles. The Hall–Kier alpha value is -1.65. The van der Waals surface area contributed by atoms with Crippen LogP contribution in [0.2, 0.25) is 0 Å². The van der Waals surface area contributed by atoms with E-state index in [4.69, 9.17) is 5.84 Å². The predicted octanol–water partition coefficient (Wildman–Crippen LogP) is 1.30. The zero-order valence-corrected chi connectivity index (χ0v) is 10.4. The van der Waals surface area contributed by atoms with Gasteiger partial charge in [0.05, 0.1) is 0 Å². The standard InChI is InChI=1S/C14H19N3O/c1-10(11-6-8-16-9-7-11)12-4-2-3-5-13(12)14(18)17-15/h2-5,11,16H,1,6-9,15H2,(H,17,18). The smallest absolute Gasteiger partial charge is 0.265 e. The van der Waals surface area contributed by atoms with Crippen molar-refractivity contribution in [3.05, 3.63) is 42.0 Å². The van der Waals surface area contributed by atoms with Crippen LogP contribution in [0.25, 0.3) is 5.57 Å². The number of hydrogen-bond acceptors (Lipinski definition) is 3. The molecule has 2 rings (SSSR count). The Morgan fingerprint density at radius 2 is 1.89 bits per heavy atom. The first-order chi connectivity index (χ1) is 8.74. The minimum atomic E-state index is -0.263. The maximum atomic E-state index is 11.7. The molecular formula is C14H19N3O. The third-order valence-corrected chi connectivity index (χ3v) is 3.48. The van der Waals surface area contributed by atoms with Crippen molar-refractivity contribution >= 4 is 11.5 Å². The highest BCUT2D eigenvalue weighted by molar-refractivity contribution is 5.98. The van der Waals surface area contributed by atoms with E-state index in [9.17, 15) is 4.79 Å². The number of hydrogen-bond donors (Lipinski definition) is 3. The lowest BCUT2D eigenvalue weighted by atomic mass is 9.85. The molecule has 1 aliphatic rings. The van der Waals surface area contributed by atoms with E-state index in [1.807, 2.05) is 18.2 Å². The van der Waals surface area contributed by atoms with Gasteiger partial charge in [0.2, 0.25) is 0 Å². The van der Waals surface area contributed by atoms with Gasteiger partial charge in [0.25, 0.3) is 5.91 Å². The van der Waals surface area contributed by atoms with Gasteiger partial charge in [-0.2, -0.15) is 0 Å². The van der Waals surface area contributed by atoms with E-state index in [1.54, 1.807) is 6.07 Å². The number of carbonyl (C=O) groups is 1. The number of nitrogens with one attached hydrogen (secondary N) is 2. The second-order valence-electron chi connectivity index (χ2n) is 4.57. The molecule has 1 heterocycles. The fourth-order valence-electron chi connectivity index (χ4n) is 2.43. The summed E-state index contributed by atoms with van der Waals surface area (Å²) in [6.07, 6.45) is 2.13. The Bertz CT molecular complexity index is 450. The molecule has 0 saturated carbocycles. The van der Waals surface area contributed by atoms with Crippen LogP contribution < -0.4 is 16.6 Å². The number of amides is 1. The number of allylic oxidation sites excluding steroid dienone is 1. The first-order valence-corrected chi connectivity index (χ1v) is 6.24. The quantitative estimate of drug-likeness (QED) is 0.427. The lowest BCUT2D eigenvalue weighted by molar-refractivity contribution is 0.0953. The molecule has 4 N–H and O–H groups in total. The third kappa shape index (κ3) is 2.60. The van der Waals surface area contributed by atoms with Crippen molar-refractivity contribution in [1.82, 2.24) is 10.7 Å². The van der Waals surface area contributed by atoms with Crippen molar-refractivity contribution in [3.8, 4) is 0 Å². The van der Waals surface area contributed by atoms with Gasteiger partial charge in [-0.05, 0) is 49.1 Å². The van der Waals surface area contributed by atoms with E-state index in [0.29, 0.717) is 11.5 Å². The van der Waals surface area contributed by atoms with Crippen LogP contribution in [-0.2, 0) is 0 Å². The van der Waals surface area contributed by atoms with Gasteiger partial charge in [0.1, 0.15) is 0 Å². The number of piperidine rings is 1. The largest absolute Gasteiger partial charge is 0.317 e. The highest BCUT2D eigenvalue weighted by atomic mass is 16.2. The van der Waals surface area contributed by atoms with Crippen LogP contribution in [0.3, 0.4) is 0 Å². The van der Waals surface area contributed by atoms with Crippen LogP contribution in [0.4, 0.5) is 0 Å². The number of nitrogen functional groups attached to an aromatic ring is 1. The molecule has 0 spiro atoms. The topological polar surface area (TPSA) is 67.2 Å². The Morgan fingerprint density at radius 1 is 1.28 bits per heavy atom. The van der Waals surface area contributed by atoms with Crippen molar-refractivity contribution in [2.75, 3.05) is 13.1 Å². The molecular weight excluding hydrogens is 226 g/mol. The Morgan fingerprint density at radius 3 is 2.50 bits per heavy atom. The zero-order chi connectivity index (χ0) is 13.0. The highest BCUT2D eigenvalue weighted by Gasteiger charge is 2.20. The molecule has 96 valence electrons. The van der Waals surface area contributed by atoms with Crippen LogP contribution in [0.5, 0.6) is 0 Å². The van der Waals surface area contributed by atoms with Gasteiger partial charge >= 0.3 is 0 Å². The monoisotopic (exact) mass is 245 g/mol. The van der Waals surface area contributed by atoms with Gasteiger partial charge < -0.3 is 5.32 Å². The third-order valence-electron chi connectivity index (χ3n) is 3.48. The van der Waals surface area contributed by atoms with Crippen LogP contribution in [0.15, 0.2) is 30.8 Å². The minimum Gasteiger partial charge on any atom is -0.317 e. The molecule has 1 saturated heterocycles. The van der Waals surface area contributed by atoms with Crippen LogP contribution in [0, 0.1) is 5.92 Å². The molecule has 0 radical (unpaired) electrons. The van der Waals surface area contributed by atoms with Crippen LogP contribution >= 0.6 is 0 Å². The molecule has 0 aliphatic carbocycles. The van der Waals surface area contributed by atoms with Gasteiger partial charge in [0.15, 0.2) is 0 Å². The summed E-state index contributed by atoms with van der Waals surface area (Å²) in [6.45, 7) is 6.20. The van der Waals surface area contributed by atoms with Crippen molar-refractivity contribution in [3.63, 3.8) is 0 Å². The first kappa shape index (κ1) is 12.8. The number of hydrazine groups is 1. The molecule has 1 aromatic carbocycles. The van der Waals surface area contributed by atoms with E-state index in [-0.39, 0.29) is 5.91 Å². The summed E-state index contributed by atoms with van der Waals surface area (Å²) in [6, 6.07) is 7.48. The molecule has 1 aromatic rings. The van der Waals surface area contributed by atoms with Gasteiger partial charge in [-0.3, -0.25) is 10.2 Å². The van der Waals surface area contributed by atoms with Gasteiger partial charge in [-0.25, -0.2) is 5.84 Å². The molecule has 1 aliphatic heterocycles. The van der Waals surface area contributed by atoms with Gasteiger partial charge in [0, 0.05) is 5.56 Å². The Labute approximate surface area is 107 Å². The fraction of sp³-hybridized carbons (Fsp3) is 0.357. The lowest BCUT2D eigenvalue weighted by Gasteiger charge is -2.25. The molecule has 0 atom stereocenters. The first-order valence-electron chi connectivity index (χ1n) is 6.24. The number of benzene rings is 1. The number of rotatable bonds is 3. The summed E-state index contributed by atoms with van der Waals surface area (Å²) in [4.78, 5) is 11.7. The van der Waals surface area contributed by atoms with Crippen molar-refractivity contribution in [1.29, 1.82) is 0 Å². The van der Waals surface area contributed by atoms with Crippen LogP contribution in [0.1, 0.15) is 28.8 Å². The van der Waals surface area contributed by atoms with E-state index >= 15 is 0 Å². The van der Waals surface area contributed by atoms with E-state index in [2.05, 4.69) is 17.3 Å². The zero-order valence-electron chi connectivity index (χ0n) is 10.4. The second-order valence-corrected chi connectivity index (χ2v) is 4.57. The molecule has 4 nitrogen and oxygen atoms in total. The second kappa shape index (κ2) is 5.80. The highest BCUT2D eigenvalue weighted by Crippen LogP contribution is 2.30. The summed E-state index contributed by atoms with van der Waals surface area (Å²) < 4.78 is 0. The van der Waals surface area contributed by atoms with Crippen molar-refractivity contribution < 1.29 is 4.79 Å². The summed E-state index contributed by atoms with van der Waals surface area (Å²) in [5.74, 6) is 5.39. The summed E-state index contributed by atoms with van der Waals surface area (Å²) in [7, 11) is 0. The van der Waals surface area contributed by atoms with Gasteiger partial charge in [-0.1, -0.05) is 24.8 Å². The molecule has 1 amide bonds. The average Bonchev–Trinajstić information content (AvgIpc) is 2.46. The van der Waals surface area contributed by atoms with E-state index < -0.39 is 0 Å². The number of nitrogens with two attached hydrogens (primary N) is 1.